The van der Waals surface area contributed by atoms with E-state index in [2.05, 4.69) is 10.1 Å². The zero-order chi connectivity index (χ0) is 28.3. The molecule has 0 unspecified atom stereocenters. The summed E-state index contributed by atoms with van der Waals surface area (Å²) in [6.45, 7) is -4.58. The van der Waals surface area contributed by atoms with Crippen LogP contribution in [0.5, 0.6) is 11.5 Å². The van der Waals surface area contributed by atoms with Crippen LogP contribution in [0.3, 0.4) is 0 Å². The van der Waals surface area contributed by atoms with Gasteiger partial charge in [0, 0.05) is 41.9 Å². The number of pyridine rings is 1. The SMILES string of the molecule is COc1cc(F)c([C@@H]2CN(c3cccn(CCF)c3=O)C(=O)[C@H]2NC(=O)c2ccc(OC(F)F)cc2)c(F)c1. The Morgan fingerprint density at radius 1 is 1.08 bits per heavy atom. The Hall–Kier alpha value is -4.42. The summed E-state index contributed by atoms with van der Waals surface area (Å²) in [4.78, 5) is 40.4. The number of aryl methyl sites for hydroxylation is 1. The second-order valence-electron chi connectivity index (χ2n) is 8.50. The Morgan fingerprint density at radius 3 is 2.33 bits per heavy atom. The van der Waals surface area contributed by atoms with Gasteiger partial charge >= 0.3 is 6.61 Å². The molecule has 0 spiro atoms. The molecule has 0 aliphatic carbocycles. The third-order valence-corrected chi connectivity index (χ3v) is 6.22. The quantitative estimate of drug-likeness (QED) is 0.411. The molecule has 1 fully saturated rings. The first-order valence-electron chi connectivity index (χ1n) is 11.6. The molecular weight excluding hydrogens is 529 g/mol. The van der Waals surface area contributed by atoms with Crippen LogP contribution in [0.1, 0.15) is 21.8 Å². The van der Waals surface area contributed by atoms with Crippen molar-refractivity contribution >= 4 is 17.5 Å². The number of rotatable bonds is 9. The summed E-state index contributed by atoms with van der Waals surface area (Å²) in [5.41, 5.74) is -1.44. The summed E-state index contributed by atoms with van der Waals surface area (Å²) in [6.07, 6.45) is 1.33. The van der Waals surface area contributed by atoms with Crippen LogP contribution in [-0.2, 0) is 11.3 Å². The fraction of sp³-hybridized carbons (Fsp3) is 0.269. The molecule has 2 atom stereocenters. The van der Waals surface area contributed by atoms with E-state index in [1.807, 2.05) is 0 Å². The highest BCUT2D eigenvalue weighted by Gasteiger charge is 2.46. The molecule has 2 aromatic carbocycles. The monoisotopic (exact) mass is 551 g/mol. The third-order valence-electron chi connectivity index (χ3n) is 6.22. The van der Waals surface area contributed by atoms with Gasteiger partial charge in [0.15, 0.2) is 0 Å². The maximum atomic E-state index is 15.1. The minimum absolute atomic E-state index is 0.0534. The van der Waals surface area contributed by atoms with Crippen LogP contribution in [0.25, 0.3) is 0 Å². The van der Waals surface area contributed by atoms with E-state index in [1.54, 1.807) is 0 Å². The lowest BCUT2D eigenvalue weighted by Crippen LogP contribution is -2.44. The molecule has 2 amide bonds. The van der Waals surface area contributed by atoms with E-state index < -0.39 is 59.8 Å². The number of hydrogen-bond acceptors (Lipinski definition) is 5. The number of carbonyl (C=O) groups excluding carboxylic acids is 2. The number of benzene rings is 2. The fourth-order valence-electron chi connectivity index (χ4n) is 4.41. The van der Waals surface area contributed by atoms with E-state index >= 15 is 8.78 Å². The molecule has 3 aromatic rings. The van der Waals surface area contributed by atoms with Crippen molar-refractivity contribution in [2.75, 3.05) is 25.2 Å². The largest absolute Gasteiger partial charge is 0.497 e. The minimum atomic E-state index is -3.07. The highest BCUT2D eigenvalue weighted by molar-refractivity contribution is 6.05. The van der Waals surface area contributed by atoms with Crippen molar-refractivity contribution in [3.63, 3.8) is 0 Å². The average molecular weight is 551 g/mol. The van der Waals surface area contributed by atoms with Gasteiger partial charge in [-0.3, -0.25) is 14.4 Å². The number of amides is 2. The van der Waals surface area contributed by atoms with Gasteiger partial charge in [0.1, 0.15) is 41.5 Å². The Kier molecular flexibility index (Phi) is 8.17. The topological polar surface area (TPSA) is 89.9 Å². The fourth-order valence-corrected chi connectivity index (χ4v) is 4.41. The molecule has 206 valence electrons. The van der Waals surface area contributed by atoms with Crippen LogP contribution in [0, 0.1) is 11.6 Å². The van der Waals surface area contributed by atoms with E-state index in [4.69, 9.17) is 4.74 Å². The molecule has 0 saturated carbocycles. The maximum Gasteiger partial charge on any atom is 0.387 e. The first kappa shape index (κ1) is 27.6. The Bertz CT molecular complexity index is 1410. The van der Waals surface area contributed by atoms with E-state index in [1.165, 1.54) is 37.6 Å². The van der Waals surface area contributed by atoms with Crippen LogP contribution in [0.4, 0.5) is 27.6 Å². The number of halogens is 5. The number of hydrogen-bond donors (Lipinski definition) is 1. The summed E-state index contributed by atoms with van der Waals surface area (Å²) in [6, 6.07) is 7.59. The molecule has 1 aromatic heterocycles. The van der Waals surface area contributed by atoms with Gasteiger partial charge < -0.3 is 24.3 Å². The van der Waals surface area contributed by atoms with E-state index in [0.717, 1.165) is 33.7 Å². The highest BCUT2D eigenvalue weighted by Crippen LogP contribution is 2.36. The van der Waals surface area contributed by atoms with Crippen molar-refractivity contribution in [2.24, 2.45) is 0 Å². The van der Waals surface area contributed by atoms with Gasteiger partial charge in [0.2, 0.25) is 5.91 Å². The van der Waals surface area contributed by atoms with Gasteiger partial charge in [-0.1, -0.05) is 0 Å². The lowest BCUT2D eigenvalue weighted by atomic mass is 9.92. The van der Waals surface area contributed by atoms with Crippen molar-refractivity contribution in [1.82, 2.24) is 9.88 Å². The van der Waals surface area contributed by atoms with Gasteiger partial charge in [0.25, 0.3) is 11.5 Å². The Morgan fingerprint density at radius 2 is 1.74 bits per heavy atom. The van der Waals surface area contributed by atoms with Crippen molar-refractivity contribution in [3.05, 3.63) is 87.8 Å². The van der Waals surface area contributed by atoms with Gasteiger partial charge in [-0.25, -0.2) is 13.2 Å². The molecule has 1 aliphatic heterocycles. The number of aromatic nitrogens is 1. The molecule has 13 heteroatoms. The van der Waals surface area contributed by atoms with Crippen LogP contribution in [-0.4, -0.2) is 49.4 Å². The zero-order valence-electron chi connectivity index (χ0n) is 20.4. The van der Waals surface area contributed by atoms with Gasteiger partial charge in [0.05, 0.1) is 13.7 Å². The second kappa shape index (κ2) is 11.5. The van der Waals surface area contributed by atoms with Crippen LogP contribution < -0.4 is 25.2 Å². The summed E-state index contributed by atoms with van der Waals surface area (Å²) in [5, 5.41) is 2.44. The number of nitrogens with zero attached hydrogens (tertiary/aromatic N) is 2. The molecular formula is C26H22F5N3O5. The standard InChI is InChI=1S/C26H22F5N3O5/c1-38-16-11-18(28)21(19(29)12-16)17-13-34(20-3-2-9-33(10-8-27)24(20)36)25(37)22(17)32-23(35)14-4-6-15(7-5-14)39-26(30)31/h2-7,9,11-12,17,22,26H,8,10,13H2,1H3,(H,32,35)/t17-,22-/m0/s1. The van der Waals surface area contributed by atoms with Crippen molar-refractivity contribution in [1.29, 1.82) is 0 Å². The minimum Gasteiger partial charge on any atom is -0.497 e. The highest BCUT2D eigenvalue weighted by atomic mass is 19.3. The van der Waals surface area contributed by atoms with Crippen LogP contribution in [0.2, 0.25) is 0 Å². The Balaban J connectivity index is 1.72. The zero-order valence-corrected chi connectivity index (χ0v) is 20.4. The number of carbonyl (C=O) groups is 2. The number of ether oxygens (including phenoxy) is 2. The lowest BCUT2D eigenvalue weighted by Gasteiger charge is -2.20. The third kappa shape index (κ3) is 5.71. The van der Waals surface area contributed by atoms with Crippen LogP contribution >= 0.6 is 0 Å². The van der Waals surface area contributed by atoms with E-state index in [0.29, 0.717) is 0 Å². The lowest BCUT2D eigenvalue weighted by molar-refractivity contribution is -0.118. The molecule has 2 heterocycles. The predicted octanol–water partition coefficient (Wildman–Crippen LogP) is 3.64. The second-order valence-corrected chi connectivity index (χ2v) is 8.50. The number of alkyl halides is 3. The first-order valence-corrected chi connectivity index (χ1v) is 11.6. The van der Waals surface area contributed by atoms with Crippen molar-refractivity contribution < 1.29 is 41.0 Å². The van der Waals surface area contributed by atoms with Crippen molar-refractivity contribution in [2.45, 2.75) is 25.1 Å². The summed E-state index contributed by atoms with van der Waals surface area (Å²) < 4.78 is 78.1. The molecule has 1 saturated heterocycles. The molecule has 1 aliphatic rings. The number of anilines is 1. The Labute approximate surface area is 218 Å². The molecule has 1 N–H and O–H groups in total. The van der Waals surface area contributed by atoms with Crippen molar-refractivity contribution in [3.8, 4) is 11.5 Å². The van der Waals surface area contributed by atoms with Gasteiger partial charge in [-0.2, -0.15) is 8.78 Å². The molecule has 8 nitrogen and oxygen atoms in total. The summed E-state index contributed by atoms with van der Waals surface area (Å²) in [7, 11) is 1.22. The van der Waals surface area contributed by atoms with Gasteiger partial charge in [-0.15, -0.1) is 0 Å². The normalized spacial score (nSPS) is 17.0. The van der Waals surface area contributed by atoms with Gasteiger partial charge in [-0.05, 0) is 36.4 Å². The molecule has 0 radical (unpaired) electrons. The summed E-state index contributed by atoms with van der Waals surface area (Å²) >= 11 is 0. The predicted molar refractivity (Wildman–Crippen MR) is 129 cm³/mol. The van der Waals surface area contributed by atoms with Crippen LogP contribution in [0.15, 0.2) is 59.5 Å². The first-order chi connectivity index (χ1) is 18.6. The summed E-state index contributed by atoms with van der Waals surface area (Å²) in [5.74, 6) is -5.37. The maximum absolute atomic E-state index is 15.1. The molecule has 4 rings (SSSR count). The number of methoxy groups -OCH3 is 1. The van der Waals surface area contributed by atoms with E-state index in [-0.39, 0.29) is 35.8 Å². The average Bonchev–Trinajstić information content (AvgIpc) is 3.20. The molecule has 39 heavy (non-hydrogen) atoms. The smallest absolute Gasteiger partial charge is 0.387 e. The number of nitrogens with one attached hydrogen (secondary N) is 1. The van der Waals surface area contributed by atoms with E-state index in [9.17, 15) is 27.6 Å². The molecule has 0 bridgehead atoms.